The highest BCUT2D eigenvalue weighted by atomic mass is 35.5. The van der Waals surface area contributed by atoms with Gasteiger partial charge >= 0.3 is 0 Å². The van der Waals surface area contributed by atoms with E-state index in [-0.39, 0.29) is 16.3 Å². The first-order valence-corrected chi connectivity index (χ1v) is 11.0. The zero-order valence-electron chi connectivity index (χ0n) is 16.9. The standard InChI is InChI=1S/C22H21ClN2O5S/c1-29-18-12-13-20(21(14-18)30-2)25(31(27,28)19-6-4-3-5-7-19)15-22(26)24-17-10-8-16(23)9-11-17/h3-14H,15H2,1-2H3,(H,24,26). The molecule has 7 nitrogen and oxygen atoms in total. The number of benzene rings is 3. The van der Waals surface area contributed by atoms with Crippen molar-refractivity contribution in [2.75, 3.05) is 30.4 Å². The van der Waals surface area contributed by atoms with Gasteiger partial charge in [-0.2, -0.15) is 0 Å². The van der Waals surface area contributed by atoms with Gasteiger partial charge in [-0.3, -0.25) is 9.10 Å². The van der Waals surface area contributed by atoms with Crippen molar-refractivity contribution >= 4 is 38.9 Å². The lowest BCUT2D eigenvalue weighted by Gasteiger charge is -2.26. The van der Waals surface area contributed by atoms with E-state index in [1.54, 1.807) is 54.6 Å². The Morgan fingerprint density at radius 2 is 1.65 bits per heavy atom. The Labute approximate surface area is 186 Å². The Balaban J connectivity index is 2.00. The third-order valence-electron chi connectivity index (χ3n) is 4.40. The number of nitrogens with zero attached hydrogens (tertiary/aromatic N) is 1. The molecule has 1 amide bonds. The monoisotopic (exact) mass is 460 g/mol. The van der Waals surface area contributed by atoms with Gasteiger partial charge in [0.05, 0.1) is 24.8 Å². The van der Waals surface area contributed by atoms with Crippen molar-refractivity contribution in [1.82, 2.24) is 0 Å². The number of halogens is 1. The van der Waals surface area contributed by atoms with Crippen molar-refractivity contribution < 1.29 is 22.7 Å². The van der Waals surface area contributed by atoms with Crippen molar-refractivity contribution in [2.45, 2.75) is 4.90 Å². The summed E-state index contributed by atoms with van der Waals surface area (Å²) in [7, 11) is -1.16. The maximum atomic E-state index is 13.4. The van der Waals surface area contributed by atoms with Crippen LogP contribution >= 0.6 is 11.6 Å². The average molecular weight is 461 g/mol. The van der Waals surface area contributed by atoms with Crippen molar-refractivity contribution in [3.8, 4) is 11.5 Å². The van der Waals surface area contributed by atoms with Gasteiger partial charge in [-0.1, -0.05) is 29.8 Å². The maximum absolute atomic E-state index is 13.4. The molecule has 0 saturated carbocycles. The van der Waals surface area contributed by atoms with Crippen LogP contribution in [0.4, 0.5) is 11.4 Å². The minimum Gasteiger partial charge on any atom is -0.497 e. The van der Waals surface area contributed by atoms with Gasteiger partial charge in [0.1, 0.15) is 18.0 Å². The van der Waals surface area contributed by atoms with E-state index in [1.807, 2.05) is 0 Å². The Kier molecular flexibility index (Phi) is 7.04. The first-order valence-electron chi connectivity index (χ1n) is 9.20. The van der Waals surface area contributed by atoms with Crippen molar-refractivity contribution in [1.29, 1.82) is 0 Å². The van der Waals surface area contributed by atoms with E-state index in [2.05, 4.69) is 5.32 Å². The van der Waals surface area contributed by atoms with E-state index in [1.165, 1.54) is 32.4 Å². The summed E-state index contributed by atoms with van der Waals surface area (Å²) in [5, 5.41) is 3.21. The number of amides is 1. The van der Waals surface area contributed by atoms with Crippen LogP contribution < -0.4 is 19.1 Å². The van der Waals surface area contributed by atoms with Gasteiger partial charge in [-0.25, -0.2) is 8.42 Å². The first-order chi connectivity index (χ1) is 14.8. The van der Waals surface area contributed by atoms with Crippen molar-refractivity contribution in [3.63, 3.8) is 0 Å². The zero-order chi connectivity index (χ0) is 22.4. The molecule has 0 spiro atoms. The molecule has 0 bridgehead atoms. The number of sulfonamides is 1. The topological polar surface area (TPSA) is 84.9 Å². The number of hydrogen-bond acceptors (Lipinski definition) is 5. The molecule has 0 aromatic heterocycles. The van der Waals surface area contributed by atoms with Gasteiger partial charge in [0.15, 0.2) is 0 Å². The van der Waals surface area contributed by atoms with E-state index in [4.69, 9.17) is 21.1 Å². The molecule has 0 aliphatic heterocycles. The number of methoxy groups -OCH3 is 2. The lowest BCUT2D eigenvalue weighted by atomic mass is 10.2. The summed E-state index contributed by atoms with van der Waals surface area (Å²) in [6.07, 6.45) is 0. The molecule has 162 valence electrons. The molecule has 3 aromatic rings. The molecule has 0 heterocycles. The molecule has 0 saturated heterocycles. The van der Waals surface area contributed by atoms with Crippen LogP contribution in [0.25, 0.3) is 0 Å². The Bertz CT molecular complexity index is 1150. The smallest absolute Gasteiger partial charge is 0.264 e. The molecular formula is C22H21ClN2O5S. The SMILES string of the molecule is COc1ccc(N(CC(=O)Nc2ccc(Cl)cc2)S(=O)(=O)c2ccccc2)c(OC)c1. The quantitative estimate of drug-likeness (QED) is 0.544. The Hall–Kier alpha value is -3.23. The lowest BCUT2D eigenvalue weighted by Crippen LogP contribution is -2.38. The third-order valence-corrected chi connectivity index (χ3v) is 6.43. The first kappa shape index (κ1) is 22.5. The summed E-state index contributed by atoms with van der Waals surface area (Å²) in [4.78, 5) is 12.8. The fraction of sp³-hybridized carbons (Fsp3) is 0.136. The van der Waals surface area contributed by atoms with E-state index in [0.717, 1.165) is 4.31 Å². The number of anilines is 2. The summed E-state index contributed by atoms with van der Waals surface area (Å²) in [5.74, 6) is 0.209. The molecule has 0 radical (unpaired) electrons. The largest absolute Gasteiger partial charge is 0.497 e. The molecule has 3 rings (SSSR count). The molecule has 1 N–H and O–H groups in total. The highest BCUT2D eigenvalue weighted by molar-refractivity contribution is 7.92. The molecule has 31 heavy (non-hydrogen) atoms. The molecule has 0 atom stereocenters. The fourth-order valence-electron chi connectivity index (χ4n) is 2.87. The number of rotatable bonds is 8. The predicted molar refractivity (Wildman–Crippen MR) is 121 cm³/mol. The minimum atomic E-state index is -4.07. The fourth-order valence-corrected chi connectivity index (χ4v) is 4.45. The second-order valence-corrected chi connectivity index (χ2v) is 8.72. The van der Waals surface area contributed by atoms with E-state index in [0.29, 0.717) is 16.5 Å². The van der Waals surface area contributed by atoms with Crippen LogP contribution in [-0.4, -0.2) is 35.1 Å². The average Bonchev–Trinajstić information content (AvgIpc) is 2.79. The maximum Gasteiger partial charge on any atom is 0.264 e. The van der Waals surface area contributed by atoms with E-state index < -0.39 is 22.5 Å². The molecule has 0 unspecified atom stereocenters. The number of ether oxygens (including phenoxy) is 2. The van der Waals surface area contributed by atoms with Crippen LogP contribution in [0.3, 0.4) is 0 Å². The van der Waals surface area contributed by atoms with Crippen LogP contribution in [0.1, 0.15) is 0 Å². The van der Waals surface area contributed by atoms with E-state index >= 15 is 0 Å². The number of hydrogen-bond donors (Lipinski definition) is 1. The second-order valence-electron chi connectivity index (χ2n) is 6.42. The Morgan fingerprint density at radius 3 is 2.26 bits per heavy atom. The summed E-state index contributed by atoms with van der Waals surface area (Å²) in [6, 6.07) is 19.1. The molecule has 0 aliphatic rings. The summed E-state index contributed by atoms with van der Waals surface area (Å²) in [5.41, 5.74) is 0.701. The van der Waals surface area contributed by atoms with Crippen LogP contribution in [0, 0.1) is 0 Å². The van der Waals surface area contributed by atoms with Crippen molar-refractivity contribution in [3.05, 3.63) is 77.8 Å². The van der Waals surface area contributed by atoms with E-state index in [9.17, 15) is 13.2 Å². The second kappa shape index (κ2) is 9.72. The summed E-state index contributed by atoms with van der Waals surface area (Å²) < 4.78 is 38.4. The summed E-state index contributed by atoms with van der Waals surface area (Å²) in [6.45, 7) is -0.470. The van der Waals surface area contributed by atoms with Gasteiger partial charge in [0.2, 0.25) is 5.91 Å². The molecule has 0 aliphatic carbocycles. The van der Waals surface area contributed by atoms with Gasteiger partial charge in [-0.15, -0.1) is 0 Å². The van der Waals surface area contributed by atoms with Gasteiger partial charge in [0, 0.05) is 16.8 Å². The number of carbonyl (C=O) groups is 1. The van der Waals surface area contributed by atoms with Crippen LogP contribution in [0.5, 0.6) is 11.5 Å². The number of carbonyl (C=O) groups excluding carboxylic acids is 1. The predicted octanol–water partition coefficient (Wildman–Crippen LogP) is 4.19. The summed E-state index contributed by atoms with van der Waals surface area (Å²) >= 11 is 5.87. The van der Waals surface area contributed by atoms with Gasteiger partial charge in [-0.05, 0) is 48.5 Å². The molecule has 0 fully saturated rings. The molecule has 9 heteroatoms. The van der Waals surface area contributed by atoms with Gasteiger partial charge < -0.3 is 14.8 Å². The van der Waals surface area contributed by atoms with Crippen LogP contribution in [-0.2, 0) is 14.8 Å². The molecule has 3 aromatic carbocycles. The lowest BCUT2D eigenvalue weighted by molar-refractivity contribution is -0.114. The highest BCUT2D eigenvalue weighted by Gasteiger charge is 2.29. The van der Waals surface area contributed by atoms with Crippen molar-refractivity contribution in [2.24, 2.45) is 0 Å². The number of nitrogens with one attached hydrogen (secondary N) is 1. The normalized spacial score (nSPS) is 10.9. The Morgan fingerprint density at radius 1 is 0.968 bits per heavy atom. The zero-order valence-corrected chi connectivity index (χ0v) is 18.5. The van der Waals surface area contributed by atoms with Crippen LogP contribution in [0.2, 0.25) is 5.02 Å². The molecular weight excluding hydrogens is 440 g/mol. The highest BCUT2D eigenvalue weighted by Crippen LogP contribution is 2.35. The third kappa shape index (κ3) is 5.28. The van der Waals surface area contributed by atoms with Gasteiger partial charge in [0.25, 0.3) is 10.0 Å². The minimum absolute atomic E-state index is 0.0483. The van der Waals surface area contributed by atoms with Crippen LogP contribution in [0.15, 0.2) is 77.7 Å².